The van der Waals surface area contributed by atoms with Gasteiger partial charge in [0, 0.05) is 43.9 Å². The van der Waals surface area contributed by atoms with Crippen LogP contribution >= 0.6 is 0 Å². The van der Waals surface area contributed by atoms with Gasteiger partial charge >= 0.3 is 5.97 Å². The SMILES string of the molecule is CS(=O)(=O)C1(C(=O)N[C@@H](CCOC2CC(CCc3ccc4c(n3)CCCC4)C2)C(=O)O)CCOCC1. The molecule has 0 bridgehead atoms. The molecule has 2 fully saturated rings. The van der Waals surface area contributed by atoms with Crippen LogP contribution in [-0.2, 0) is 48.2 Å². The van der Waals surface area contributed by atoms with E-state index in [0.717, 1.165) is 50.5 Å². The Morgan fingerprint density at radius 2 is 1.94 bits per heavy atom. The fraction of sp³-hybridized carbons (Fsp3) is 0.731. The molecule has 0 radical (unpaired) electrons. The van der Waals surface area contributed by atoms with Crippen LogP contribution in [0, 0.1) is 5.92 Å². The van der Waals surface area contributed by atoms with Crippen LogP contribution in [0.5, 0.6) is 0 Å². The summed E-state index contributed by atoms with van der Waals surface area (Å²) in [6, 6.07) is 3.19. The second-order valence-corrected chi connectivity index (χ2v) is 12.8. The first kappa shape index (κ1) is 27.0. The molecule has 4 rings (SSSR count). The van der Waals surface area contributed by atoms with Gasteiger partial charge in [-0.3, -0.25) is 9.78 Å². The molecule has 2 heterocycles. The summed E-state index contributed by atoms with van der Waals surface area (Å²) in [5, 5.41) is 12.0. The van der Waals surface area contributed by atoms with E-state index in [1.807, 2.05) is 0 Å². The van der Waals surface area contributed by atoms with Gasteiger partial charge in [-0.05, 0) is 81.8 Å². The monoisotopic (exact) mass is 522 g/mol. The first-order valence-electron chi connectivity index (χ1n) is 13.1. The van der Waals surface area contributed by atoms with E-state index >= 15 is 0 Å². The van der Waals surface area contributed by atoms with Crippen LogP contribution in [-0.4, -0.2) is 73.4 Å². The molecular weight excluding hydrogens is 484 g/mol. The number of carbonyl (C=O) groups is 2. The number of ether oxygens (including phenoxy) is 2. The molecule has 1 aliphatic heterocycles. The number of amides is 1. The summed E-state index contributed by atoms with van der Waals surface area (Å²) in [5.41, 5.74) is 3.83. The minimum atomic E-state index is -3.74. The summed E-state index contributed by atoms with van der Waals surface area (Å²) < 4.78 is 34.2. The summed E-state index contributed by atoms with van der Waals surface area (Å²) in [6.45, 7) is 0.482. The van der Waals surface area contributed by atoms with Crippen molar-refractivity contribution < 1.29 is 32.6 Å². The van der Waals surface area contributed by atoms with Gasteiger partial charge in [0.1, 0.15) is 6.04 Å². The molecule has 9 nitrogen and oxygen atoms in total. The highest BCUT2D eigenvalue weighted by Gasteiger charge is 2.50. The van der Waals surface area contributed by atoms with E-state index in [4.69, 9.17) is 14.5 Å². The molecular formula is C26H38N2O7S. The third-order valence-electron chi connectivity index (χ3n) is 8.02. The van der Waals surface area contributed by atoms with Gasteiger partial charge in [-0.1, -0.05) is 6.07 Å². The lowest BCUT2D eigenvalue weighted by atomic mass is 9.79. The number of carbonyl (C=O) groups excluding carboxylic acids is 1. The number of aryl methyl sites for hydroxylation is 3. The number of aromatic nitrogens is 1. The Kier molecular flexibility index (Phi) is 8.67. The van der Waals surface area contributed by atoms with Gasteiger partial charge in [-0.2, -0.15) is 0 Å². The highest BCUT2D eigenvalue weighted by Crippen LogP contribution is 2.34. The Labute approximate surface area is 213 Å². The maximum Gasteiger partial charge on any atom is 0.326 e. The topological polar surface area (TPSA) is 132 Å². The van der Waals surface area contributed by atoms with Crippen molar-refractivity contribution in [1.82, 2.24) is 10.3 Å². The van der Waals surface area contributed by atoms with Gasteiger partial charge in [0.25, 0.3) is 0 Å². The molecule has 1 aromatic rings. The highest BCUT2D eigenvalue weighted by molar-refractivity contribution is 7.92. The highest BCUT2D eigenvalue weighted by atomic mass is 32.2. The number of pyridine rings is 1. The maximum atomic E-state index is 12.9. The summed E-state index contributed by atoms with van der Waals surface area (Å²) in [7, 11) is -3.74. The first-order valence-corrected chi connectivity index (χ1v) is 15.0. The van der Waals surface area contributed by atoms with Crippen LogP contribution in [0.4, 0.5) is 0 Å². The lowest BCUT2D eigenvalue weighted by molar-refractivity contribution is -0.143. The largest absolute Gasteiger partial charge is 0.480 e. The number of rotatable bonds is 11. The number of sulfone groups is 1. The number of hydrogen-bond donors (Lipinski definition) is 2. The number of fused-ring (bicyclic) bond motifs is 1. The van der Waals surface area contributed by atoms with Crippen LogP contribution in [0.15, 0.2) is 12.1 Å². The van der Waals surface area contributed by atoms with Gasteiger partial charge < -0.3 is 19.9 Å². The molecule has 36 heavy (non-hydrogen) atoms. The normalized spacial score (nSPS) is 24.2. The van der Waals surface area contributed by atoms with Crippen molar-refractivity contribution in [2.45, 2.75) is 87.5 Å². The van der Waals surface area contributed by atoms with Crippen LogP contribution in [0.2, 0.25) is 0 Å². The number of nitrogens with one attached hydrogen (secondary N) is 1. The molecule has 0 unspecified atom stereocenters. The summed E-state index contributed by atoms with van der Waals surface area (Å²) >= 11 is 0. The van der Waals surface area contributed by atoms with Crippen molar-refractivity contribution in [3.63, 3.8) is 0 Å². The molecule has 1 aromatic heterocycles. The second-order valence-electron chi connectivity index (χ2n) is 10.5. The zero-order chi connectivity index (χ0) is 25.8. The summed E-state index contributed by atoms with van der Waals surface area (Å²) in [4.78, 5) is 29.5. The second kappa shape index (κ2) is 11.6. The van der Waals surface area contributed by atoms with Gasteiger partial charge in [-0.15, -0.1) is 0 Å². The van der Waals surface area contributed by atoms with E-state index < -0.39 is 32.5 Å². The minimum absolute atomic E-state index is 0.0188. The zero-order valence-corrected chi connectivity index (χ0v) is 21.9. The van der Waals surface area contributed by atoms with E-state index in [1.54, 1.807) is 0 Å². The van der Waals surface area contributed by atoms with E-state index in [0.29, 0.717) is 5.92 Å². The fourth-order valence-corrected chi connectivity index (χ4v) is 6.84. The van der Waals surface area contributed by atoms with Crippen LogP contribution < -0.4 is 5.32 Å². The smallest absolute Gasteiger partial charge is 0.326 e. The molecule has 2 N–H and O–H groups in total. The lowest BCUT2D eigenvalue weighted by Gasteiger charge is -2.36. The third-order valence-corrected chi connectivity index (χ3v) is 10.0. The van der Waals surface area contributed by atoms with Crippen molar-refractivity contribution in [3.05, 3.63) is 29.1 Å². The number of hydrogen-bond acceptors (Lipinski definition) is 7. The Morgan fingerprint density at radius 3 is 2.64 bits per heavy atom. The van der Waals surface area contributed by atoms with Crippen LogP contribution in [0.25, 0.3) is 0 Å². The van der Waals surface area contributed by atoms with Crippen molar-refractivity contribution in [3.8, 4) is 0 Å². The molecule has 1 saturated heterocycles. The number of aliphatic carboxylic acids is 1. The molecule has 200 valence electrons. The summed E-state index contributed by atoms with van der Waals surface area (Å²) in [6.07, 6.45) is 9.85. The molecule has 0 aromatic carbocycles. The van der Waals surface area contributed by atoms with Crippen molar-refractivity contribution in [2.75, 3.05) is 26.1 Å². The number of carboxylic acids is 1. The lowest BCUT2D eigenvalue weighted by Crippen LogP contribution is -2.58. The zero-order valence-electron chi connectivity index (χ0n) is 21.0. The Bertz CT molecular complexity index is 1050. The average molecular weight is 523 g/mol. The number of carboxylic acid groups (broad SMARTS) is 1. The molecule has 3 aliphatic rings. The Balaban J connectivity index is 1.18. The van der Waals surface area contributed by atoms with E-state index in [9.17, 15) is 23.1 Å². The van der Waals surface area contributed by atoms with Crippen LogP contribution in [0.3, 0.4) is 0 Å². The molecule has 1 amide bonds. The van der Waals surface area contributed by atoms with Crippen molar-refractivity contribution >= 4 is 21.7 Å². The van der Waals surface area contributed by atoms with E-state index in [1.165, 1.54) is 24.1 Å². The predicted molar refractivity (Wildman–Crippen MR) is 133 cm³/mol. The summed E-state index contributed by atoms with van der Waals surface area (Å²) in [5.74, 6) is -1.39. The third kappa shape index (κ3) is 6.26. The van der Waals surface area contributed by atoms with Crippen molar-refractivity contribution in [1.29, 1.82) is 0 Å². The Hall–Kier alpha value is -2.04. The Morgan fingerprint density at radius 1 is 1.22 bits per heavy atom. The fourth-order valence-electron chi connectivity index (χ4n) is 5.53. The maximum absolute atomic E-state index is 12.9. The molecule has 0 spiro atoms. The van der Waals surface area contributed by atoms with Crippen molar-refractivity contribution in [2.24, 2.45) is 5.92 Å². The van der Waals surface area contributed by atoms with E-state index in [-0.39, 0.29) is 45.2 Å². The van der Waals surface area contributed by atoms with Gasteiger partial charge in [0.05, 0.1) is 6.10 Å². The minimum Gasteiger partial charge on any atom is -0.480 e. The number of nitrogens with zero attached hydrogens (tertiary/aromatic N) is 1. The molecule has 1 saturated carbocycles. The predicted octanol–water partition coefficient (Wildman–Crippen LogP) is 2.24. The standard InChI is InChI=1S/C26H38N2O7S/c1-36(32,33)26(11-14-34-15-12-26)25(31)28-23(24(29)30)10-13-35-21-16-18(17-21)6-8-20-9-7-19-4-2-3-5-22(19)27-20/h7,9,18,21,23H,2-6,8,10-17H2,1H3,(H,28,31)(H,29,30)/t18?,21?,23-/m0/s1. The van der Waals surface area contributed by atoms with Gasteiger partial charge in [0.2, 0.25) is 5.91 Å². The molecule has 2 aliphatic carbocycles. The molecule has 10 heteroatoms. The van der Waals surface area contributed by atoms with Crippen LogP contribution in [0.1, 0.15) is 68.3 Å². The average Bonchev–Trinajstić information content (AvgIpc) is 2.83. The quantitative estimate of drug-likeness (QED) is 0.452. The van der Waals surface area contributed by atoms with Gasteiger partial charge in [0.15, 0.2) is 14.6 Å². The van der Waals surface area contributed by atoms with E-state index in [2.05, 4.69) is 17.4 Å². The molecule has 1 atom stereocenters. The van der Waals surface area contributed by atoms with Gasteiger partial charge in [-0.25, -0.2) is 13.2 Å². The first-order chi connectivity index (χ1) is 17.2.